The van der Waals surface area contributed by atoms with Crippen molar-refractivity contribution in [2.24, 2.45) is 0 Å². The minimum Gasteiger partial charge on any atom is -0.478 e. The fourth-order valence-corrected chi connectivity index (χ4v) is 4.88. The van der Waals surface area contributed by atoms with E-state index in [0.717, 1.165) is 0 Å². The second-order valence-electron chi connectivity index (χ2n) is 16.3. The number of aromatic carboxylic acids is 1. The molecule has 1 fully saturated rings. The zero-order chi connectivity index (χ0) is 38.2. The van der Waals surface area contributed by atoms with Crippen molar-refractivity contribution in [3.8, 4) is 0 Å². The summed E-state index contributed by atoms with van der Waals surface area (Å²) >= 11 is 0. The Bertz CT molecular complexity index is 1290. The number of benzene rings is 1. The lowest BCUT2D eigenvalue weighted by Gasteiger charge is -2.38. The molecule has 1 heterocycles. The number of hydrogen-bond donors (Lipinski definition) is 1. The van der Waals surface area contributed by atoms with E-state index in [-0.39, 0.29) is 57.9 Å². The summed E-state index contributed by atoms with van der Waals surface area (Å²) in [6.45, 7) is 21.7. The van der Waals surface area contributed by atoms with Crippen LogP contribution < -0.4 is 0 Å². The van der Waals surface area contributed by atoms with Crippen LogP contribution in [0, 0.1) is 0 Å². The fourth-order valence-electron chi connectivity index (χ4n) is 4.88. The van der Waals surface area contributed by atoms with E-state index >= 15 is 0 Å². The maximum atomic E-state index is 13.9. The Morgan fingerprint density at radius 1 is 0.520 bits per heavy atom. The minimum atomic E-state index is -1.11. The van der Waals surface area contributed by atoms with E-state index in [4.69, 9.17) is 18.9 Å². The van der Waals surface area contributed by atoms with Crippen LogP contribution in [0.5, 0.6) is 0 Å². The van der Waals surface area contributed by atoms with Crippen LogP contribution in [0.25, 0.3) is 0 Å². The Morgan fingerprint density at radius 2 is 0.820 bits per heavy atom. The number of carboxylic acids is 1. The van der Waals surface area contributed by atoms with Crippen LogP contribution in [0.4, 0.5) is 14.4 Å². The first-order valence-electron chi connectivity index (χ1n) is 17.0. The van der Waals surface area contributed by atoms with E-state index in [1.54, 1.807) is 100 Å². The topological polar surface area (TPSA) is 155 Å². The first-order valence-corrected chi connectivity index (χ1v) is 17.0. The van der Waals surface area contributed by atoms with Gasteiger partial charge in [-0.25, -0.2) is 24.0 Å². The molecule has 1 atom stereocenters. The van der Waals surface area contributed by atoms with E-state index < -0.39 is 58.7 Å². The predicted molar refractivity (Wildman–Crippen MR) is 187 cm³/mol. The first kappa shape index (κ1) is 42.1. The number of esters is 1. The molecule has 1 N–H and O–H groups in total. The number of carbonyl (C=O) groups excluding carboxylic acids is 4. The number of amides is 3. The van der Waals surface area contributed by atoms with Crippen LogP contribution >= 0.6 is 0 Å². The summed E-state index contributed by atoms with van der Waals surface area (Å²) in [7, 11) is 0. The summed E-state index contributed by atoms with van der Waals surface area (Å²) < 4.78 is 23.0. The molecule has 0 aliphatic carbocycles. The highest BCUT2D eigenvalue weighted by atomic mass is 16.6. The van der Waals surface area contributed by atoms with E-state index in [1.807, 2.05) is 0 Å². The quantitative estimate of drug-likeness (QED) is 0.299. The Labute approximate surface area is 296 Å². The van der Waals surface area contributed by atoms with Gasteiger partial charge in [0.1, 0.15) is 28.4 Å². The van der Waals surface area contributed by atoms with Gasteiger partial charge in [0.2, 0.25) is 0 Å². The molecule has 1 aliphatic rings. The van der Waals surface area contributed by atoms with Gasteiger partial charge in [-0.2, -0.15) is 0 Å². The maximum Gasteiger partial charge on any atom is 0.410 e. The van der Waals surface area contributed by atoms with Crippen molar-refractivity contribution >= 4 is 30.2 Å². The Hall–Kier alpha value is -4.07. The summed E-state index contributed by atoms with van der Waals surface area (Å²) in [6.07, 6.45) is -1.80. The van der Waals surface area contributed by atoms with Gasteiger partial charge in [0.05, 0.1) is 5.56 Å². The van der Waals surface area contributed by atoms with Crippen LogP contribution in [-0.2, 0) is 23.7 Å². The summed E-state index contributed by atoms with van der Waals surface area (Å²) in [5.74, 6) is -1.70. The van der Waals surface area contributed by atoms with Gasteiger partial charge in [-0.1, -0.05) is 12.1 Å². The predicted octanol–water partition coefficient (Wildman–Crippen LogP) is 5.79. The summed E-state index contributed by atoms with van der Waals surface area (Å²) in [4.78, 5) is 72.1. The third kappa shape index (κ3) is 14.8. The molecule has 0 bridgehead atoms. The van der Waals surface area contributed by atoms with E-state index in [9.17, 15) is 29.1 Å². The number of nitrogens with zero attached hydrogens (tertiary/aromatic N) is 4. The van der Waals surface area contributed by atoms with Crippen molar-refractivity contribution < 1.29 is 48.0 Å². The van der Waals surface area contributed by atoms with Gasteiger partial charge in [0.25, 0.3) is 0 Å². The molecule has 1 aliphatic heterocycles. The van der Waals surface area contributed by atoms with E-state index in [0.29, 0.717) is 5.56 Å². The molecule has 1 aromatic carbocycles. The minimum absolute atomic E-state index is 0.0483. The molecule has 50 heavy (non-hydrogen) atoms. The molecular weight excluding hydrogens is 648 g/mol. The van der Waals surface area contributed by atoms with Gasteiger partial charge >= 0.3 is 30.2 Å². The molecule has 0 aromatic heterocycles. The number of carboxylic acid groups (broad SMARTS) is 1. The number of hydrogen-bond acceptors (Lipinski definition) is 10. The highest BCUT2D eigenvalue weighted by molar-refractivity contribution is 5.88. The second-order valence-corrected chi connectivity index (χ2v) is 16.3. The molecule has 282 valence electrons. The van der Waals surface area contributed by atoms with Gasteiger partial charge in [0.15, 0.2) is 0 Å². The van der Waals surface area contributed by atoms with Crippen molar-refractivity contribution in [3.05, 3.63) is 35.4 Å². The third-order valence-electron chi connectivity index (χ3n) is 7.02. The van der Waals surface area contributed by atoms with Crippen molar-refractivity contribution in [3.63, 3.8) is 0 Å². The molecule has 1 unspecified atom stereocenters. The smallest absolute Gasteiger partial charge is 0.410 e. The first-order chi connectivity index (χ1) is 22.7. The standard InChI is InChI=1S/C36H58N4O10/c1-33(2,3)47-29(43)27(25-13-15-26(16-14-25)28(41)42)37-17-19-38(30(44)48-34(4,5)6)21-23-40(32(46)50-36(10,11)12)24-22-39(20-18-37)31(45)49-35(7,8)9/h13-16,27H,17-24H2,1-12H3,(H,41,42). The molecule has 0 radical (unpaired) electrons. The van der Waals surface area contributed by atoms with Gasteiger partial charge < -0.3 is 38.8 Å². The van der Waals surface area contributed by atoms with Crippen LogP contribution in [-0.4, -0.2) is 130 Å². The Kier molecular flexibility index (Phi) is 14.1. The SMILES string of the molecule is CC(C)(C)OC(=O)C(c1ccc(C(=O)O)cc1)N1CCN(C(=O)OC(C)(C)C)CCN(C(=O)OC(C)(C)C)CCN(C(=O)OC(C)(C)C)CC1. The molecule has 1 saturated heterocycles. The molecule has 1 aromatic rings. The summed E-state index contributed by atoms with van der Waals surface area (Å²) in [5, 5.41) is 9.50. The van der Waals surface area contributed by atoms with Crippen LogP contribution in [0.1, 0.15) is 105 Å². The average Bonchev–Trinajstić information content (AvgIpc) is 2.90. The van der Waals surface area contributed by atoms with Crippen LogP contribution in [0.15, 0.2) is 24.3 Å². The summed E-state index contributed by atoms with van der Waals surface area (Å²) in [6, 6.07) is 4.92. The maximum absolute atomic E-state index is 13.9. The summed E-state index contributed by atoms with van der Waals surface area (Å²) in [5.41, 5.74) is -2.71. The molecular formula is C36H58N4O10. The highest BCUT2D eigenvalue weighted by Gasteiger charge is 2.35. The monoisotopic (exact) mass is 706 g/mol. The van der Waals surface area contributed by atoms with Crippen molar-refractivity contribution in [1.82, 2.24) is 19.6 Å². The number of rotatable bonds is 4. The van der Waals surface area contributed by atoms with Gasteiger partial charge in [-0.05, 0) is 101 Å². The van der Waals surface area contributed by atoms with E-state index in [1.165, 1.54) is 26.8 Å². The number of carbonyl (C=O) groups is 5. The van der Waals surface area contributed by atoms with Crippen molar-refractivity contribution in [2.75, 3.05) is 52.4 Å². The molecule has 2 rings (SSSR count). The van der Waals surface area contributed by atoms with Crippen LogP contribution in [0.2, 0.25) is 0 Å². The number of ether oxygens (including phenoxy) is 4. The van der Waals surface area contributed by atoms with Crippen LogP contribution in [0.3, 0.4) is 0 Å². The third-order valence-corrected chi connectivity index (χ3v) is 7.02. The molecule has 0 saturated carbocycles. The zero-order valence-corrected chi connectivity index (χ0v) is 32.0. The lowest BCUT2D eigenvalue weighted by Crippen LogP contribution is -2.52. The van der Waals surface area contributed by atoms with E-state index in [2.05, 4.69) is 0 Å². The Morgan fingerprint density at radius 3 is 1.10 bits per heavy atom. The van der Waals surface area contributed by atoms with Gasteiger partial charge in [0, 0.05) is 52.4 Å². The average molecular weight is 707 g/mol. The van der Waals surface area contributed by atoms with Gasteiger partial charge in [-0.3, -0.25) is 4.90 Å². The molecule has 14 nitrogen and oxygen atoms in total. The molecule has 14 heteroatoms. The second kappa shape index (κ2) is 16.8. The lowest BCUT2D eigenvalue weighted by atomic mass is 10.0. The fraction of sp³-hybridized carbons (Fsp3) is 0.694. The molecule has 0 spiro atoms. The lowest BCUT2D eigenvalue weighted by molar-refractivity contribution is -0.162. The van der Waals surface area contributed by atoms with Gasteiger partial charge in [-0.15, -0.1) is 0 Å². The zero-order valence-electron chi connectivity index (χ0n) is 32.0. The largest absolute Gasteiger partial charge is 0.478 e. The Balaban J connectivity index is 2.65. The highest BCUT2D eigenvalue weighted by Crippen LogP contribution is 2.26. The van der Waals surface area contributed by atoms with Crippen molar-refractivity contribution in [1.29, 1.82) is 0 Å². The van der Waals surface area contributed by atoms with Crippen molar-refractivity contribution in [2.45, 2.75) is 112 Å². The normalized spacial score (nSPS) is 16.8. The molecule has 3 amide bonds.